The molecule has 1 aromatic rings. The topological polar surface area (TPSA) is 46.9 Å². The summed E-state index contributed by atoms with van der Waals surface area (Å²) >= 11 is 0. The van der Waals surface area contributed by atoms with Gasteiger partial charge in [0.15, 0.2) is 0 Å². The minimum Gasteiger partial charge on any atom is -0.352 e. The minimum absolute atomic E-state index is 0.110. The average Bonchev–Trinajstić information content (AvgIpc) is 2.73. The van der Waals surface area contributed by atoms with E-state index >= 15 is 0 Å². The Hall–Kier alpha value is -1.58. The van der Waals surface area contributed by atoms with Crippen LogP contribution in [-0.4, -0.2) is 22.2 Å². The molecule has 0 bridgehead atoms. The van der Waals surface area contributed by atoms with Gasteiger partial charge in [-0.2, -0.15) is 5.10 Å². The molecule has 0 spiro atoms. The fraction of sp³-hybridized carbons (Fsp3) is 0.500. The lowest BCUT2D eigenvalue weighted by Gasteiger charge is -2.14. The van der Waals surface area contributed by atoms with Crippen molar-refractivity contribution in [2.75, 3.05) is 6.54 Å². The molecule has 0 aromatic carbocycles. The smallest absolute Gasteiger partial charge is 0.243 e. The van der Waals surface area contributed by atoms with E-state index in [1.165, 1.54) is 30.2 Å². The zero-order chi connectivity index (χ0) is 11.4. The van der Waals surface area contributed by atoms with Crippen LogP contribution in [0.1, 0.15) is 24.1 Å². The molecule has 2 rings (SSSR count). The van der Waals surface area contributed by atoms with Gasteiger partial charge in [-0.25, -0.2) is 0 Å². The highest BCUT2D eigenvalue weighted by atomic mass is 16.1. The van der Waals surface area contributed by atoms with Crippen molar-refractivity contribution in [3.8, 4) is 0 Å². The zero-order valence-corrected chi connectivity index (χ0v) is 9.41. The number of hydrogen-bond donors (Lipinski definition) is 1. The molecule has 4 heteroatoms. The van der Waals surface area contributed by atoms with E-state index < -0.39 is 0 Å². The first-order chi connectivity index (χ1) is 7.81. The second-order valence-electron chi connectivity index (χ2n) is 4.04. The van der Waals surface area contributed by atoms with Crippen molar-refractivity contribution in [1.29, 1.82) is 0 Å². The van der Waals surface area contributed by atoms with Crippen molar-refractivity contribution < 1.29 is 4.79 Å². The lowest BCUT2D eigenvalue weighted by atomic mass is 10.1. The minimum atomic E-state index is -0.110. The van der Waals surface area contributed by atoms with E-state index in [2.05, 4.69) is 21.7 Å². The fourth-order valence-corrected chi connectivity index (χ4v) is 2.09. The summed E-state index contributed by atoms with van der Waals surface area (Å²) in [6, 6.07) is 0. The van der Waals surface area contributed by atoms with Gasteiger partial charge in [-0.05, 0) is 37.3 Å². The molecule has 1 aliphatic rings. The molecule has 0 fully saturated rings. The maximum absolute atomic E-state index is 11.0. The van der Waals surface area contributed by atoms with Crippen LogP contribution in [0, 0.1) is 0 Å². The van der Waals surface area contributed by atoms with Crippen molar-refractivity contribution in [2.45, 2.75) is 32.2 Å². The number of nitrogens with one attached hydrogen (secondary N) is 1. The largest absolute Gasteiger partial charge is 0.352 e. The lowest BCUT2D eigenvalue weighted by molar-refractivity contribution is -0.116. The SMILES string of the molecule is C=CC(=O)NCCc1cnn2c1CCCC2. The van der Waals surface area contributed by atoms with E-state index in [1.807, 2.05) is 6.20 Å². The molecule has 1 aliphatic heterocycles. The molecule has 16 heavy (non-hydrogen) atoms. The number of amides is 1. The second kappa shape index (κ2) is 4.96. The summed E-state index contributed by atoms with van der Waals surface area (Å²) in [4.78, 5) is 11.0. The quantitative estimate of drug-likeness (QED) is 0.770. The number of aromatic nitrogens is 2. The van der Waals surface area contributed by atoms with E-state index in [9.17, 15) is 4.79 Å². The molecule has 0 saturated heterocycles. The Morgan fingerprint density at radius 3 is 3.31 bits per heavy atom. The fourth-order valence-electron chi connectivity index (χ4n) is 2.09. The van der Waals surface area contributed by atoms with Crippen LogP contribution in [0.15, 0.2) is 18.9 Å². The van der Waals surface area contributed by atoms with Gasteiger partial charge in [-0.3, -0.25) is 9.48 Å². The standard InChI is InChI=1S/C12H17N3O/c1-2-12(16)13-7-6-10-9-14-15-8-4-3-5-11(10)15/h2,9H,1,3-8H2,(H,13,16). The van der Waals surface area contributed by atoms with Crippen LogP contribution in [-0.2, 0) is 24.2 Å². The average molecular weight is 219 g/mol. The van der Waals surface area contributed by atoms with Gasteiger partial charge >= 0.3 is 0 Å². The van der Waals surface area contributed by atoms with E-state index in [0.717, 1.165) is 19.4 Å². The van der Waals surface area contributed by atoms with Crippen LogP contribution in [0.25, 0.3) is 0 Å². The first-order valence-corrected chi connectivity index (χ1v) is 5.75. The summed E-state index contributed by atoms with van der Waals surface area (Å²) < 4.78 is 2.09. The maximum Gasteiger partial charge on any atom is 0.243 e. The summed E-state index contributed by atoms with van der Waals surface area (Å²) in [5.41, 5.74) is 2.61. The molecule has 1 N–H and O–H groups in total. The Kier molecular flexibility index (Phi) is 3.39. The number of rotatable bonds is 4. The van der Waals surface area contributed by atoms with Crippen LogP contribution in [0.4, 0.5) is 0 Å². The van der Waals surface area contributed by atoms with Crippen LogP contribution >= 0.6 is 0 Å². The van der Waals surface area contributed by atoms with E-state index in [0.29, 0.717) is 6.54 Å². The number of carbonyl (C=O) groups excluding carboxylic acids is 1. The summed E-state index contributed by atoms with van der Waals surface area (Å²) in [6.07, 6.45) is 7.67. The molecular weight excluding hydrogens is 202 g/mol. The number of hydrogen-bond acceptors (Lipinski definition) is 2. The molecule has 0 saturated carbocycles. The molecular formula is C12H17N3O. The first-order valence-electron chi connectivity index (χ1n) is 5.75. The zero-order valence-electron chi connectivity index (χ0n) is 9.41. The normalized spacial score (nSPS) is 14.2. The molecule has 1 aromatic heterocycles. The maximum atomic E-state index is 11.0. The van der Waals surface area contributed by atoms with Crippen LogP contribution in [0.3, 0.4) is 0 Å². The van der Waals surface area contributed by atoms with E-state index in [-0.39, 0.29) is 5.91 Å². The van der Waals surface area contributed by atoms with Crippen LogP contribution in [0.5, 0.6) is 0 Å². The molecule has 0 radical (unpaired) electrons. The number of fused-ring (bicyclic) bond motifs is 1. The first kappa shape index (κ1) is 10.9. The molecule has 1 amide bonds. The third kappa shape index (κ3) is 2.32. The summed E-state index contributed by atoms with van der Waals surface area (Å²) in [7, 11) is 0. The highest BCUT2D eigenvalue weighted by Crippen LogP contribution is 2.17. The van der Waals surface area contributed by atoms with Gasteiger partial charge < -0.3 is 5.32 Å². The van der Waals surface area contributed by atoms with E-state index in [1.54, 1.807) is 0 Å². The van der Waals surface area contributed by atoms with Gasteiger partial charge in [0, 0.05) is 18.8 Å². The van der Waals surface area contributed by atoms with Gasteiger partial charge in [0.1, 0.15) is 0 Å². The predicted octanol–water partition coefficient (Wildman–Crippen LogP) is 1.06. The van der Waals surface area contributed by atoms with Crippen molar-refractivity contribution in [2.24, 2.45) is 0 Å². The summed E-state index contributed by atoms with van der Waals surface area (Å²) in [5.74, 6) is -0.110. The number of aryl methyl sites for hydroxylation is 1. The molecule has 2 heterocycles. The molecule has 0 atom stereocenters. The highest BCUT2D eigenvalue weighted by Gasteiger charge is 2.13. The van der Waals surface area contributed by atoms with E-state index in [4.69, 9.17) is 0 Å². The second-order valence-corrected chi connectivity index (χ2v) is 4.04. The summed E-state index contributed by atoms with van der Waals surface area (Å²) in [6.45, 7) is 5.11. The molecule has 86 valence electrons. The van der Waals surface area contributed by atoms with Gasteiger partial charge in [0.25, 0.3) is 0 Å². The van der Waals surface area contributed by atoms with Crippen molar-refractivity contribution in [1.82, 2.24) is 15.1 Å². The van der Waals surface area contributed by atoms with Gasteiger partial charge in [0.2, 0.25) is 5.91 Å². The molecule has 4 nitrogen and oxygen atoms in total. The molecule has 0 unspecified atom stereocenters. The monoisotopic (exact) mass is 219 g/mol. The third-order valence-electron chi connectivity index (χ3n) is 2.95. The van der Waals surface area contributed by atoms with Gasteiger partial charge in [-0.15, -0.1) is 0 Å². The van der Waals surface area contributed by atoms with Crippen molar-refractivity contribution in [3.05, 3.63) is 30.1 Å². The van der Waals surface area contributed by atoms with Crippen LogP contribution in [0.2, 0.25) is 0 Å². The Morgan fingerprint density at radius 1 is 1.62 bits per heavy atom. The van der Waals surface area contributed by atoms with Gasteiger partial charge in [-0.1, -0.05) is 6.58 Å². The summed E-state index contributed by atoms with van der Waals surface area (Å²) in [5, 5.41) is 7.14. The number of nitrogens with zero attached hydrogens (tertiary/aromatic N) is 2. The molecule has 0 aliphatic carbocycles. The third-order valence-corrected chi connectivity index (χ3v) is 2.95. The Balaban J connectivity index is 1.92. The Labute approximate surface area is 95.3 Å². The van der Waals surface area contributed by atoms with Crippen LogP contribution < -0.4 is 5.32 Å². The Bertz CT molecular complexity index is 395. The van der Waals surface area contributed by atoms with Gasteiger partial charge in [0.05, 0.1) is 6.20 Å². The Morgan fingerprint density at radius 2 is 2.50 bits per heavy atom. The highest BCUT2D eigenvalue weighted by molar-refractivity contribution is 5.86. The van der Waals surface area contributed by atoms with Crippen molar-refractivity contribution >= 4 is 5.91 Å². The lowest BCUT2D eigenvalue weighted by Crippen LogP contribution is -2.23. The van der Waals surface area contributed by atoms with Crippen molar-refractivity contribution in [3.63, 3.8) is 0 Å². The predicted molar refractivity (Wildman–Crippen MR) is 62.1 cm³/mol. The number of carbonyl (C=O) groups is 1.